The molecule has 110 valence electrons. The molecule has 1 aromatic rings. The number of aromatic nitrogens is 1. The Morgan fingerprint density at radius 1 is 1.20 bits per heavy atom. The molecule has 1 saturated carbocycles. The van der Waals surface area contributed by atoms with E-state index in [1.807, 2.05) is 4.90 Å². The number of nitrogens with two attached hydrogens (primary N) is 1. The number of amides is 1. The molecule has 1 amide bonds. The fourth-order valence-corrected chi connectivity index (χ4v) is 3.51. The Morgan fingerprint density at radius 3 is 2.60 bits per heavy atom. The minimum Gasteiger partial charge on any atom is -0.397 e. The first kappa shape index (κ1) is 15.1. The first-order valence-electron chi connectivity index (χ1n) is 7.19. The van der Waals surface area contributed by atoms with Crippen LogP contribution in [0.2, 0.25) is 0 Å². The Bertz CT molecular complexity index is 469. The number of carbonyl (C=O) groups is 1. The number of carbonyl (C=O) groups excluding carboxylic acids is 1. The maximum atomic E-state index is 12.4. The van der Waals surface area contributed by atoms with Crippen molar-refractivity contribution >= 4 is 24.0 Å². The molecule has 2 heterocycles. The van der Waals surface area contributed by atoms with E-state index in [1.165, 1.54) is 32.1 Å². The largest absolute Gasteiger partial charge is 0.397 e. The summed E-state index contributed by atoms with van der Waals surface area (Å²) < 4.78 is 0. The number of pyridine rings is 1. The van der Waals surface area contributed by atoms with Crippen LogP contribution in [0.4, 0.5) is 5.69 Å². The van der Waals surface area contributed by atoms with E-state index in [9.17, 15) is 4.79 Å². The Kier molecular flexibility index (Phi) is 4.53. The molecular weight excluding hydrogens is 274 g/mol. The number of halogens is 1. The summed E-state index contributed by atoms with van der Waals surface area (Å²) in [7, 11) is 0. The van der Waals surface area contributed by atoms with E-state index in [0.717, 1.165) is 19.5 Å². The molecule has 0 radical (unpaired) electrons. The molecule has 5 heteroatoms. The van der Waals surface area contributed by atoms with Crippen LogP contribution >= 0.6 is 12.4 Å². The molecule has 1 saturated heterocycles. The number of hydrogen-bond acceptors (Lipinski definition) is 3. The van der Waals surface area contributed by atoms with Gasteiger partial charge in [-0.3, -0.25) is 4.79 Å². The van der Waals surface area contributed by atoms with Crippen molar-refractivity contribution < 1.29 is 4.79 Å². The molecule has 2 fully saturated rings. The Labute approximate surface area is 126 Å². The SMILES string of the molecule is Cl.Nc1ccc(C(=O)N2CCC3(CCCCC3)C2)nc1. The van der Waals surface area contributed by atoms with Crippen LogP contribution in [-0.2, 0) is 0 Å². The number of hydrogen-bond donors (Lipinski definition) is 1. The smallest absolute Gasteiger partial charge is 0.272 e. The van der Waals surface area contributed by atoms with E-state index >= 15 is 0 Å². The van der Waals surface area contributed by atoms with Crippen LogP contribution < -0.4 is 5.73 Å². The highest BCUT2D eigenvalue weighted by atomic mass is 35.5. The monoisotopic (exact) mass is 295 g/mol. The number of rotatable bonds is 1. The molecule has 1 aromatic heterocycles. The molecule has 2 aliphatic rings. The molecule has 3 rings (SSSR count). The van der Waals surface area contributed by atoms with Gasteiger partial charge < -0.3 is 10.6 Å². The molecule has 0 bridgehead atoms. The van der Waals surface area contributed by atoms with E-state index in [2.05, 4.69) is 4.98 Å². The predicted molar refractivity (Wildman–Crippen MR) is 81.9 cm³/mol. The lowest BCUT2D eigenvalue weighted by Crippen LogP contribution is -2.33. The lowest BCUT2D eigenvalue weighted by atomic mass is 9.73. The standard InChI is InChI=1S/C15H21N3O.ClH/c16-12-4-5-13(17-10-12)14(19)18-9-8-15(11-18)6-2-1-3-7-15;/h4-5,10H,1-3,6-9,11,16H2;1H. The highest BCUT2D eigenvalue weighted by Gasteiger charge is 2.40. The van der Waals surface area contributed by atoms with Gasteiger partial charge in [0.2, 0.25) is 0 Å². The van der Waals surface area contributed by atoms with Crippen molar-refractivity contribution in [3.63, 3.8) is 0 Å². The zero-order valence-electron chi connectivity index (χ0n) is 11.7. The fourth-order valence-electron chi connectivity index (χ4n) is 3.51. The predicted octanol–water partition coefficient (Wildman–Crippen LogP) is 2.88. The second-order valence-corrected chi connectivity index (χ2v) is 6.01. The van der Waals surface area contributed by atoms with E-state index in [1.54, 1.807) is 18.3 Å². The third kappa shape index (κ3) is 2.90. The highest BCUT2D eigenvalue weighted by molar-refractivity contribution is 5.92. The van der Waals surface area contributed by atoms with E-state index in [-0.39, 0.29) is 18.3 Å². The van der Waals surface area contributed by atoms with Crippen molar-refractivity contribution in [2.45, 2.75) is 38.5 Å². The van der Waals surface area contributed by atoms with Gasteiger partial charge in [0.05, 0.1) is 11.9 Å². The molecule has 1 spiro atoms. The second-order valence-electron chi connectivity index (χ2n) is 6.01. The summed E-state index contributed by atoms with van der Waals surface area (Å²) in [5, 5.41) is 0. The molecular formula is C15H22ClN3O. The van der Waals surface area contributed by atoms with Gasteiger partial charge >= 0.3 is 0 Å². The third-order valence-corrected chi connectivity index (χ3v) is 4.65. The van der Waals surface area contributed by atoms with Gasteiger partial charge in [0, 0.05) is 13.1 Å². The normalized spacial score (nSPS) is 20.7. The van der Waals surface area contributed by atoms with Gasteiger partial charge in [-0.2, -0.15) is 0 Å². The highest BCUT2D eigenvalue weighted by Crippen LogP contribution is 2.43. The number of nitrogen functional groups attached to an aromatic ring is 1. The van der Waals surface area contributed by atoms with Crippen molar-refractivity contribution in [3.8, 4) is 0 Å². The third-order valence-electron chi connectivity index (χ3n) is 4.65. The van der Waals surface area contributed by atoms with Crippen LogP contribution in [0.25, 0.3) is 0 Å². The summed E-state index contributed by atoms with van der Waals surface area (Å²) in [6.45, 7) is 1.79. The summed E-state index contributed by atoms with van der Waals surface area (Å²) in [6, 6.07) is 3.47. The first-order chi connectivity index (χ1) is 9.19. The molecule has 20 heavy (non-hydrogen) atoms. The van der Waals surface area contributed by atoms with Crippen molar-refractivity contribution in [2.24, 2.45) is 5.41 Å². The van der Waals surface area contributed by atoms with Gasteiger partial charge in [-0.1, -0.05) is 19.3 Å². The Hall–Kier alpha value is -1.29. The summed E-state index contributed by atoms with van der Waals surface area (Å²) in [5.74, 6) is 0.0578. The average Bonchev–Trinajstić information content (AvgIpc) is 2.83. The van der Waals surface area contributed by atoms with Gasteiger partial charge in [-0.25, -0.2) is 4.98 Å². The van der Waals surface area contributed by atoms with Crippen molar-refractivity contribution in [1.82, 2.24) is 9.88 Å². The van der Waals surface area contributed by atoms with E-state index in [4.69, 9.17) is 5.73 Å². The van der Waals surface area contributed by atoms with E-state index < -0.39 is 0 Å². The maximum absolute atomic E-state index is 12.4. The Balaban J connectivity index is 0.00000147. The molecule has 2 N–H and O–H groups in total. The summed E-state index contributed by atoms with van der Waals surface area (Å²) >= 11 is 0. The van der Waals surface area contributed by atoms with Crippen LogP contribution in [-0.4, -0.2) is 28.9 Å². The van der Waals surface area contributed by atoms with Crippen LogP contribution in [0.3, 0.4) is 0 Å². The van der Waals surface area contributed by atoms with Crippen LogP contribution in [0, 0.1) is 5.41 Å². The van der Waals surface area contributed by atoms with Gasteiger partial charge in [-0.15, -0.1) is 12.4 Å². The van der Waals surface area contributed by atoms with Gasteiger partial charge in [0.25, 0.3) is 5.91 Å². The first-order valence-corrected chi connectivity index (χ1v) is 7.19. The lowest BCUT2D eigenvalue weighted by molar-refractivity contribution is 0.0753. The molecule has 0 atom stereocenters. The molecule has 4 nitrogen and oxygen atoms in total. The summed E-state index contributed by atoms with van der Waals surface area (Å²) in [4.78, 5) is 18.5. The van der Waals surface area contributed by atoms with Crippen LogP contribution in [0.15, 0.2) is 18.3 Å². The van der Waals surface area contributed by atoms with Gasteiger partial charge in [0.1, 0.15) is 5.69 Å². The second kappa shape index (κ2) is 6.00. The van der Waals surface area contributed by atoms with Crippen LogP contribution in [0.5, 0.6) is 0 Å². The quantitative estimate of drug-likeness (QED) is 0.866. The van der Waals surface area contributed by atoms with Crippen molar-refractivity contribution in [2.75, 3.05) is 18.8 Å². The van der Waals surface area contributed by atoms with Crippen molar-refractivity contribution in [3.05, 3.63) is 24.0 Å². The molecule has 0 unspecified atom stereocenters. The zero-order chi connectivity index (χ0) is 13.3. The molecule has 1 aliphatic heterocycles. The average molecular weight is 296 g/mol. The summed E-state index contributed by atoms with van der Waals surface area (Å²) in [5.41, 5.74) is 7.12. The molecule has 0 aromatic carbocycles. The van der Waals surface area contributed by atoms with E-state index in [0.29, 0.717) is 16.8 Å². The minimum atomic E-state index is 0. The number of anilines is 1. The van der Waals surface area contributed by atoms with Crippen LogP contribution in [0.1, 0.15) is 49.0 Å². The summed E-state index contributed by atoms with van der Waals surface area (Å²) in [6.07, 6.45) is 9.28. The zero-order valence-corrected chi connectivity index (χ0v) is 12.5. The minimum absolute atomic E-state index is 0. The van der Waals surface area contributed by atoms with Gasteiger partial charge in [0.15, 0.2) is 0 Å². The Morgan fingerprint density at radius 2 is 1.95 bits per heavy atom. The number of likely N-dealkylation sites (tertiary alicyclic amines) is 1. The number of nitrogens with zero attached hydrogens (tertiary/aromatic N) is 2. The lowest BCUT2D eigenvalue weighted by Gasteiger charge is -2.33. The van der Waals surface area contributed by atoms with Gasteiger partial charge in [-0.05, 0) is 36.8 Å². The fraction of sp³-hybridized carbons (Fsp3) is 0.600. The topological polar surface area (TPSA) is 59.2 Å². The molecule has 1 aliphatic carbocycles. The maximum Gasteiger partial charge on any atom is 0.272 e. The van der Waals surface area contributed by atoms with Crippen molar-refractivity contribution in [1.29, 1.82) is 0 Å².